The van der Waals surface area contributed by atoms with Gasteiger partial charge >= 0.3 is 5.97 Å². The summed E-state index contributed by atoms with van der Waals surface area (Å²) in [5.41, 5.74) is 0. The highest BCUT2D eigenvalue weighted by Gasteiger charge is 1.89. The van der Waals surface area contributed by atoms with Gasteiger partial charge in [0.1, 0.15) is 0 Å². The monoisotopic (exact) mass is 228 g/mol. The Hall–Kier alpha value is -2.09. The maximum Gasteiger partial charge on any atom is 0.303 e. The van der Waals surface area contributed by atoms with Crippen LogP contribution >= 0.6 is 0 Å². The number of hydrogen-bond acceptors (Lipinski definition) is 1. The number of allylic oxidation sites excluding steroid dienone is 1. The molecule has 0 radical (unpaired) electrons. The van der Waals surface area contributed by atoms with Crippen molar-refractivity contribution in [3.8, 4) is 0 Å². The van der Waals surface area contributed by atoms with Gasteiger partial charge in [-0.1, -0.05) is 54.6 Å². The molecule has 0 aromatic heterocycles. The molecule has 2 aromatic carbocycles. The van der Waals surface area contributed by atoms with Crippen LogP contribution in [0.3, 0.4) is 0 Å². The van der Waals surface area contributed by atoms with Gasteiger partial charge in [-0.15, -0.1) is 6.58 Å². The molecular formula is C15H16O2. The summed E-state index contributed by atoms with van der Waals surface area (Å²) >= 11 is 0. The summed E-state index contributed by atoms with van der Waals surface area (Å²) in [4.78, 5) is 9.71. The molecule has 2 rings (SSSR count). The molecule has 0 unspecified atom stereocenters. The summed E-state index contributed by atoms with van der Waals surface area (Å²) in [5, 5.41) is 10.6. The maximum absolute atomic E-state index is 9.71. The fourth-order valence-corrected chi connectivity index (χ4v) is 1.36. The molecule has 2 aromatic rings. The van der Waals surface area contributed by atoms with Crippen LogP contribution in [-0.4, -0.2) is 11.1 Å². The first-order valence-corrected chi connectivity index (χ1v) is 5.50. The summed E-state index contributed by atoms with van der Waals surface area (Å²) in [5.74, 6) is -0.764. The van der Waals surface area contributed by atoms with Gasteiger partial charge in [0.25, 0.3) is 0 Å². The number of carboxylic acid groups (broad SMARTS) is 1. The molecule has 0 saturated heterocycles. The Kier molecular flexibility index (Phi) is 5.52. The van der Waals surface area contributed by atoms with Crippen LogP contribution in [0.4, 0.5) is 0 Å². The minimum Gasteiger partial charge on any atom is -0.481 e. The summed E-state index contributed by atoms with van der Waals surface area (Å²) in [7, 11) is 0. The molecule has 0 amide bonds. The van der Waals surface area contributed by atoms with Crippen molar-refractivity contribution in [2.45, 2.75) is 12.8 Å². The van der Waals surface area contributed by atoms with E-state index in [0.29, 0.717) is 6.42 Å². The minimum atomic E-state index is -0.764. The molecule has 0 atom stereocenters. The van der Waals surface area contributed by atoms with Crippen LogP contribution in [0.1, 0.15) is 12.8 Å². The average molecular weight is 228 g/mol. The lowest BCUT2D eigenvalue weighted by molar-refractivity contribution is -0.136. The molecule has 0 aliphatic rings. The van der Waals surface area contributed by atoms with Crippen molar-refractivity contribution in [1.29, 1.82) is 0 Å². The fraction of sp³-hybridized carbons (Fsp3) is 0.133. The van der Waals surface area contributed by atoms with Crippen molar-refractivity contribution in [3.63, 3.8) is 0 Å². The highest BCUT2D eigenvalue weighted by Crippen LogP contribution is 2.11. The lowest BCUT2D eigenvalue weighted by atomic mass is 10.1. The molecule has 0 aliphatic carbocycles. The van der Waals surface area contributed by atoms with Crippen LogP contribution in [0.25, 0.3) is 10.8 Å². The van der Waals surface area contributed by atoms with E-state index in [9.17, 15) is 4.79 Å². The average Bonchev–Trinajstić information content (AvgIpc) is 2.37. The predicted octanol–water partition coefficient (Wildman–Crippen LogP) is 3.88. The maximum atomic E-state index is 9.71. The minimum absolute atomic E-state index is 0.198. The number of carbonyl (C=O) groups is 1. The van der Waals surface area contributed by atoms with Crippen molar-refractivity contribution < 1.29 is 9.90 Å². The number of benzene rings is 2. The number of hydrogen-bond donors (Lipinski definition) is 1. The highest BCUT2D eigenvalue weighted by atomic mass is 16.4. The van der Waals surface area contributed by atoms with Crippen LogP contribution in [0.15, 0.2) is 61.2 Å². The van der Waals surface area contributed by atoms with E-state index in [2.05, 4.69) is 55.1 Å². The third kappa shape index (κ3) is 4.98. The second-order valence-corrected chi connectivity index (χ2v) is 3.57. The smallest absolute Gasteiger partial charge is 0.303 e. The molecule has 2 heteroatoms. The Balaban J connectivity index is 0.000000185. The van der Waals surface area contributed by atoms with Crippen molar-refractivity contribution in [1.82, 2.24) is 0 Å². The fourth-order valence-electron chi connectivity index (χ4n) is 1.36. The van der Waals surface area contributed by atoms with E-state index in [4.69, 9.17) is 5.11 Å². The molecule has 2 nitrogen and oxygen atoms in total. The molecule has 0 spiro atoms. The van der Waals surface area contributed by atoms with E-state index in [0.717, 1.165) is 0 Å². The molecule has 0 bridgehead atoms. The normalized spacial score (nSPS) is 9.18. The Morgan fingerprint density at radius 2 is 1.47 bits per heavy atom. The number of aliphatic carboxylic acids is 1. The van der Waals surface area contributed by atoms with Gasteiger partial charge in [-0.3, -0.25) is 4.79 Å². The van der Waals surface area contributed by atoms with Gasteiger partial charge in [0.15, 0.2) is 0 Å². The van der Waals surface area contributed by atoms with E-state index in [1.54, 1.807) is 6.08 Å². The van der Waals surface area contributed by atoms with Crippen LogP contribution < -0.4 is 0 Å². The van der Waals surface area contributed by atoms with Crippen molar-refractivity contribution >= 4 is 16.7 Å². The van der Waals surface area contributed by atoms with E-state index in [-0.39, 0.29) is 6.42 Å². The Labute approximate surface area is 101 Å². The topological polar surface area (TPSA) is 37.3 Å². The van der Waals surface area contributed by atoms with E-state index >= 15 is 0 Å². The molecule has 0 aliphatic heterocycles. The third-order valence-electron chi connectivity index (χ3n) is 2.22. The molecule has 1 N–H and O–H groups in total. The molecular weight excluding hydrogens is 212 g/mol. The van der Waals surface area contributed by atoms with E-state index in [1.807, 2.05) is 0 Å². The number of carboxylic acids is 1. The van der Waals surface area contributed by atoms with Crippen molar-refractivity contribution in [3.05, 3.63) is 61.2 Å². The summed E-state index contributed by atoms with van der Waals surface area (Å²) in [6.45, 7) is 3.37. The van der Waals surface area contributed by atoms with Gasteiger partial charge in [-0.2, -0.15) is 0 Å². The first-order chi connectivity index (χ1) is 8.24. The predicted molar refractivity (Wildman–Crippen MR) is 71.0 cm³/mol. The van der Waals surface area contributed by atoms with E-state index in [1.165, 1.54) is 10.8 Å². The lowest BCUT2D eigenvalue weighted by Gasteiger charge is -1.92. The molecule has 0 fully saturated rings. The van der Waals surface area contributed by atoms with Crippen LogP contribution in [0.5, 0.6) is 0 Å². The number of rotatable bonds is 3. The second kappa shape index (κ2) is 7.23. The van der Waals surface area contributed by atoms with Gasteiger partial charge in [-0.05, 0) is 17.2 Å². The van der Waals surface area contributed by atoms with Gasteiger partial charge in [-0.25, -0.2) is 0 Å². The summed E-state index contributed by atoms with van der Waals surface area (Å²) in [6.07, 6.45) is 2.35. The summed E-state index contributed by atoms with van der Waals surface area (Å²) < 4.78 is 0. The molecule has 88 valence electrons. The first-order valence-electron chi connectivity index (χ1n) is 5.50. The summed E-state index contributed by atoms with van der Waals surface area (Å²) in [6, 6.07) is 16.7. The molecule has 17 heavy (non-hydrogen) atoms. The molecule has 0 saturated carbocycles. The molecule has 0 heterocycles. The Bertz CT molecular complexity index is 424. The van der Waals surface area contributed by atoms with Gasteiger partial charge in [0, 0.05) is 6.42 Å². The Morgan fingerprint density at radius 3 is 1.71 bits per heavy atom. The zero-order valence-electron chi connectivity index (χ0n) is 9.67. The lowest BCUT2D eigenvalue weighted by Crippen LogP contribution is -1.90. The highest BCUT2D eigenvalue weighted by molar-refractivity contribution is 5.81. The number of fused-ring (bicyclic) bond motifs is 1. The van der Waals surface area contributed by atoms with Crippen molar-refractivity contribution in [2.75, 3.05) is 0 Å². The largest absolute Gasteiger partial charge is 0.481 e. The van der Waals surface area contributed by atoms with Gasteiger partial charge < -0.3 is 5.11 Å². The van der Waals surface area contributed by atoms with Crippen LogP contribution in [0, 0.1) is 0 Å². The zero-order chi connectivity index (χ0) is 12.5. The van der Waals surface area contributed by atoms with Gasteiger partial charge in [0.05, 0.1) is 0 Å². The standard InChI is InChI=1S/C10H8.C5H8O2/c1-2-6-10-8-4-3-7-9(10)5-1;1-2-3-4-5(6)7/h1-8H;2H,1,3-4H2,(H,6,7). The van der Waals surface area contributed by atoms with Crippen LogP contribution in [0.2, 0.25) is 0 Å². The third-order valence-corrected chi connectivity index (χ3v) is 2.22. The Morgan fingerprint density at radius 1 is 1.06 bits per heavy atom. The van der Waals surface area contributed by atoms with Crippen LogP contribution in [-0.2, 0) is 4.79 Å². The van der Waals surface area contributed by atoms with E-state index < -0.39 is 5.97 Å². The quantitative estimate of drug-likeness (QED) is 0.809. The van der Waals surface area contributed by atoms with Gasteiger partial charge in [0.2, 0.25) is 0 Å². The first kappa shape index (κ1) is 13.0. The second-order valence-electron chi connectivity index (χ2n) is 3.57. The zero-order valence-corrected chi connectivity index (χ0v) is 9.67. The SMILES string of the molecule is C=CCCC(=O)O.c1ccc2ccccc2c1. The van der Waals surface area contributed by atoms with Crippen molar-refractivity contribution in [2.24, 2.45) is 0 Å².